The summed E-state index contributed by atoms with van der Waals surface area (Å²) < 4.78 is 0. The van der Waals surface area contributed by atoms with Crippen LogP contribution < -0.4 is 5.32 Å². The van der Waals surface area contributed by atoms with Crippen LogP contribution in [-0.4, -0.2) is 40.8 Å². The van der Waals surface area contributed by atoms with Crippen molar-refractivity contribution >= 4 is 28.8 Å². The Hall–Kier alpha value is -1.82. The van der Waals surface area contributed by atoms with Crippen LogP contribution in [0.4, 0.5) is 4.79 Å². The van der Waals surface area contributed by atoms with Crippen molar-refractivity contribution in [1.29, 1.82) is 0 Å². The highest BCUT2D eigenvalue weighted by atomic mass is 32.2. The molecule has 1 aliphatic heterocycles. The molecule has 22 heavy (non-hydrogen) atoms. The smallest absolute Gasteiger partial charge is 0.288 e. The number of hydrogen-bond acceptors (Lipinski definition) is 4. The van der Waals surface area contributed by atoms with Crippen molar-refractivity contribution in [2.75, 3.05) is 18.8 Å². The minimum absolute atomic E-state index is 0.0448. The average molecular weight is 320 g/mol. The second-order valence-corrected chi connectivity index (χ2v) is 7.11. The summed E-state index contributed by atoms with van der Waals surface area (Å²) in [5.74, 6) is -0.202. The maximum absolute atomic E-state index is 12.0. The molecule has 1 N–H and O–H groups in total. The zero-order valence-corrected chi connectivity index (χ0v) is 13.8. The van der Waals surface area contributed by atoms with Gasteiger partial charge in [-0.15, -0.1) is 0 Å². The molecule has 2 rings (SSSR count). The summed E-state index contributed by atoms with van der Waals surface area (Å²) in [5, 5.41) is 2.49. The van der Waals surface area contributed by atoms with Gasteiger partial charge in [-0.2, -0.15) is 0 Å². The van der Waals surface area contributed by atoms with Gasteiger partial charge in [-0.3, -0.25) is 19.3 Å². The standard InChI is InChI=1S/C16H20N2O3S/c1-16(2,3)12-6-4-11(5-7-12)14(20)17-8-9-18-13(19)10-22-15(18)21/h4-7H,8-10H2,1-3H3,(H,17,20). The topological polar surface area (TPSA) is 66.5 Å². The number of hydrogen-bond donors (Lipinski definition) is 1. The van der Waals surface area contributed by atoms with Gasteiger partial charge in [-0.25, -0.2) is 0 Å². The third-order valence-corrected chi connectivity index (χ3v) is 4.33. The van der Waals surface area contributed by atoms with Crippen molar-refractivity contribution in [3.05, 3.63) is 35.4 Å². The van der Waals surface area contributed by atoms with Crippen LogP contribution in [0.5, 0.6) is 0 Å². The van der Waals surface area contributed by atoms with E-state index in [0.29, 0.717) is 5.56 Å². The predicted octanol–water partition coefficient (Wildman–Crippen LogP) is 2.41. The minimum atomic E-state index is -0.242. The minimum Gasteiger partial charge on any atom is -0.350 e. The Balaban J connectivity index is 1.87. The van der Waals surface area contributed by atoms with E-state index in [-0.39, 0.29) is 41.3 Å². The van der Waals surface area contributed by atoms with Gasteiger partial charge in [0, 0.05) is 18.7 Å². The highest BCUT2D eigenvalue weighted by molar-refractivity contribution is 8.14. The van der Waals surface area contributed by atoms with Crippen LogP contribution in [0.25, 0.3) is 0 Å². The van der Waals surface area contributed by atoms with Crippen LogP contribution in [0.2, 0.25) is 0 Å². The van der Waals surface area contributed by atoms with E-state index in [4.69, 9.17) is 0 Å². The van der Waals surface area contributed by atoms with Crippen molar-refractivity contribution in [3.8, 4) is 0 Å². The number of benzene rings is 1. The number of carbonyl (C=O) groups excluding carboxylic acids is 3. The molecule has 1 fully saturated rings. The first kappa shape index (κ1) is 16.5. The van der Waals surface area contributed by atoms with Crippen molar-refractivity contribution < 1.29 is 14.4 Å². The van der Waals surface area contributed by atoms with E-state index in [0.717, 1.165) is 17.3 Å². The molecule has 118 valence electrons. The van der Waals surface area contributed by atoms with Crippen molar-refractivity contribution in [2.24, 2.45) is 0 Å². The molecule has 0 saturated carbocycles. The third kappa shape index (κ3) is 3.88. The van der Waals surface area contributed by atoms with Crippen molar-refractivity contribution in [3.63, 3.8) is 0 Å². The largest absolute Gasteiger partial charge is 0.350 e. The van der Waals surface area contributed by atoms with Gasteiger partial charge in [0.1, 0.15) is 0 Å². The zero-order valence-electron chi connectivity index (χ0n) is 13.0. The average Bonchev–Trinajstić information content (AvgIpc) is 2.78. The Bertz CT molecular complexity index is 574. The lowest BCUT2D eigenvalue weighted by atomic mass is 9.87. The van der Waals surface area contributed by atoms with Crippen LogP contribution in [-0.2, 0) is 10.2 Å². The monoisotopic (exact) mass is 320 g/mol. The Labute approximate surface area is 134 Å². The fourth-order valence-corrected chi connectivity index (χ4v) is 2.85. The highest BCUT2D eigenvalue weighted by Crippen LogP contribution is 2.22. The van der Waals surface area contributed by atoms with E-state index < -0.39 is 0 Å². The molecular formula is C16H20N2O3S. The number of rotatable bonds is 4. The first-order chi connectivity index (χ1) is 10.3. The molecular weight excluding hydrogens is 300 g/mol. The molecule has 1 heterocycles. The molecule has 5 nitrogen and oxygen atoms in total. The lowest BCUT2D eigenvalue weighted by molar-refractivity contribution is -0.124. The Morgan fingerprint density at radius 2 is 1.86 bits per heavy atom. The van der Waals surface area contributed by atoms with Gasteiger partial charge in [0.05, 0.1) is 5.75 Å². The fourth-order valence-electron chi connectivity index (χ4n) is 2.10. The summed E-state index contributed by atoms with van der Waals surface area (Å²) in [6.07, 6.45) is 0. The molecule has 6 heteroatoms. The highest BCUT2D eigenvalue weighted by Gasteiger charge is 2.29. The number of amides is 3. The molecule has 1 aromatic carbocycles. The molecule has 0 spiro atoms. The van der Waals surface area contributed by atoms with Crippen LogP contribution in [0, 0.1) is 0 Å². The zero-order chi connectivity index (χ0) is 16.3. The lowest BCUT2D eigenvalue weighted by Gasteiger charge is -2.19. The quantitative estimate of drug-likeness (QED) is 0.925. The first-order valence-electron chi connectivity index (χ1n) is 7.15. The van der Waals surface area contributed by atoms with E-state index in [9.17, 15) is 14.4 Å². The Morgan fingerprint density at radius 1 is 1.23 bits per heavy atom. The van der Waals surface area contributed by atoms with Crippen LogP contribution in [0.15, 0.2) is 24.3 Å². The van der Waals surface area contributed by atoms with E-state index in [2.05, 4.69) is 26.1 Å². The van der Waals surface area contributed by atoms with Gasteiger partial charge in [0.15, 0.2) is 0 Å². The third-order valence-electron chi connectivity index (χ3n) is 3.47. The summed E-state index contributed by atoms with van der Waals surface area (Å²) in [6.45, 7) is 6.83. The molecule has 0 atom stereocenters. The van der Waals surface area contributed by atoms with E-state index in [1.165, 1.54) is 4.90 Å². The Kier molecular flexibility index (Phi) is 4.90. The molecule has 0 unspecified atom stereocenters. The number of carbonyl (C=O) groups is 3. The number of imide groups is 1. The molecule has 1 aromatic rings. The second-order valence-electron chi connectivity index (χ2n) is 6.18. The summed E-state index contributed by atoms with van der Waals surface area (Å²) >= 11 is 0.997. The number of nitrogens with zero attached hydrogens (tertiary/aromatic N) is 1. The summed E-state index contributed by atoms with van der Waals surface area (Å²) in [6, 6.07) is 7.47. The van der Waals surface area contributed by atoms with E-state index in [1.54, 1.807) is 12.1 Å². The normalized spacial score (nSPS) is 15.3. The molecule has 0 aliphatic carbocycles. The van der Waals surface area contributed by atoms with E-state index >= 15 is 0 Å². The second kappa shape index (κ2) is 6.52. The fraction of sp³-hybridized carbons (Fsp3) is 0.438. The van der Waals surface area contributed by atoms with Gasteiger partial charge < -0.3 is 5.32 Å². The van der Waals surface area contributed by atoms with Gasteiger partial charge in [-0.1, -0.05) is 44.7 Å². The van der Waals surface area contributed by atoms with Crippen molar-refractivity contribution in [1.82, 2.24) is 10.2 Å². The van der Waals surface area contributed by atoms with Gasteiger partial charge in [0.25, 0.3) is 11.1 Å². The SMILES string of the molecule is CC(C)(C)c1ccc(C(=O)NCCN2C(=O)CSC2=O)cc1. The molecule has 0 aromatic heterocycles. The molecule has 1 saturated heterocycles. The molecule has 1 aliphatic rings. The maximum Gasteiger partial charge on any atom is 0.288 e. The first-order valence-corrected chi connectivity index (χ1v) is 8.13. The van der Waals surface area contributed by atoms with Crippen LogP contribution in [0.3, 0.4) is 0 Å². The Morgan fingerprint density at radius 3 is 2.36 bits per heavy atom. The van der Waals surface area contributed by atoms with E-state index in [1.807, 2.05) is 12.1 Å². The lowest BCUT2D eigenvalue weighted by Crippen LogP contribution is -2.37. The number of thioether (sulfide) groups is 1. The summed E-state index contributed by atoms with van der Waals surface area (Å²) in [4.78, 5) is 36.1. The van der Waals surface area contributed by atoms with Gasteiger partial charge >= 0.3 is 0 Å². The van der Waals surface area contributed by atoms with Gasteiger partial charge in [-0.05, 0) is 23.1 Å². The van der Waals surface area contributed by atoms with Crippen LogP contribution in [0.1, 0.15) is 36.7 Å². The predicted molar refractivity (Wildman–Crippen MR) is 87.0 cm³/mol. The maximum atomic E-state index is 12.0. The molecule has 0 radical (unpaired) electrons. The molecule has 3 amide bonds. The van der Waals surface area contributed by atoms with Crippen LogP contribution >= 0.6 is 11.8 Å². The van der Waals surface area contributed by atoms with Crippen molar-refractivity contribution in [2.45, 2.75) is 26.2 Å². The van der Waals surface area contributed by atoms with Gasteiger partial charge in [0.2, 0.25) is 5.91 Å². The number of nitrogens with one attached hydrogen (secondary N) is 1. The summed E-state index contributed by atoms with van der Waals surface area (Å²) in [7, 11) is 0. The molecule has 0 bridgehead atoms. The summed E-state index contributed by atoms with van der Waals surface area (Å²) in [5.41, 5.74) is 1.78.